The first-order valence-corrected chi connectivity index (χ1v) is 8.99. The molecular formula is C17H31N3O2. The molecule has 1 heterocycles. The minimum absolute atomic E-state index is 0.00296. The maximum atomic E-state index is 11.9. The van der Waals surface area contributed by atoms with E-state index in [1.807, 2.05) is 0 Å². The molecule has 2 fully saturated rings. The average Bonchev–Trinajstić information content (AvgIpc) is 3.04. The molecule has 2 N–H and O–H groups in total. The van der Waals surface area contributed by atoms with Crippen LogP contribution in [-0.2, 0) is 9.59 Å². The molecule has 126 valence electrons. The van der Waals surface area contributed by atoms with Crippen LogP contribution in [0.5, 0.6) is 0 Å². The number of likely N-dealkylation sites (tertiary alicyclic amines) is 1. The summed E-state index contributed by atoms with van der Waals surface area (Å²) in [5.74, 6) is 0.0260. The van der Waals surface area contributed by atoms with E-state index >= 15 is 0 Å². The molecule has 2 aliphatic rings. The van der Waals surface area contributed by atoms with Gasteiger partial charge in [-0.2, -0.15) is 0 Å². The second-order valence-electron chi connectivity index (χ2n) is 6.63. The highest BCUT2D eigenvalue weighted by molar-refractivity contribution is 5.83. The van der Waals surface area contributed by atoms with E-state index in [-0.39, 0.29) is 11.8 Å². The Morgan fingerprint density at radius 2 is 1.68 bits per heavy atom. The number of carbonyl (C=O) groups excluding carboxylic acids is 2. The van der Waals surface area contributed by atoms with Crippen molar-refractivity contribution < 1.29 is 9.59 Å². The van der Waals surface area contributed by atoms with Gasteiger partial charge >= 0.3 is 0 Å². The molecule has 5 nitrogen and oxygen atoms in total. The van der Waals surface area contributed by atoms with Gasteiger partial charge in [-0.15, -0.1) is 0 Å². The lowest BCUT2D eigenvalue weighted by Crippen LogP contribution is -2.46. The van der Waals surface area contributed by atoms with Crippen molar-refractivity contribution in [1.82, 2.24) is 15.5 Å². The predicted molar refractivity (Wildman–Crippen MR) is 87.5 cm³/mol. The van der Waals surface area contributed by atoms with E-state index in [9.17, 15) is 9.59 Å². The van der Waals surface area contributed by atoms with Crippen molar-refractivity contribution in [3.63, 3.8) is 0 Å². The van der Waals surface area contributed by atoms with Gasteiger partial charge in [-0.05, 0) is 38.8 Å². The van der Waals surface area contributed by atoms with Gasteiger partial charge in [0.2, 0.25) is 11.8 Å². The number of nitrogens with one attached hydrogen (secondary N) is 2. The lowest BCUT2D eigenvalue weighted by atomic mass is 10.0. The number of amides is 2. The second-order valence-corrected chi connectivity index (χ2v) is 6.63. The van der Waals surface area contributed by atoms with Crippen LogP contribution in [0.2, 0.25) is 0 Å². The molecule has 0 radical (unpaired) electrons. The van der Waals surface area contributed by atoms with Crippen molar-refractivity contribution in [2.45, 2.75) is 76.8 Å². The van der Waals surface area contributed by atoms with Gasteiger partial charge in [0.15, 0.2) is 0 Å². The smallest absolute Gasteiger partial charge is 0.220 e. The number of hydrogen-bond acceptors (Lipinski definition) is 3. The number of hydrogen-bond donors (Lipinski definition) is 2. The molecule has 1 aliphatic carbocycles. The Hall–Kier alpha value is -1.10. The summed E-state index contributed by atoms with van der Waals surface area (Å²) < 4.78 is 0. The minimum Gasteiger partial charge on any atom is -0.355 e. The second kappa shape index (κ2) is 9.13. The Labute approximate surface area is 134 Å². The molecule has 22 heavy (non-hydrogen) atoms. The number of carbonyl (C=O) groups is 2. The summed E-state index contributed by atoms with van der Waals surface area (Å²) in [6, 6.07) is 0.811. The van der Waals surface area contributed by atoms with Gasteiger partial charge < -0.3 is 10.6 Å². The molecule has 2 rings (SSSR count). The molecule has 0 aromatic carbocycles. The van der Waals surface area contributed by atoms with Crippen molar-refractivity contribution in [1.29, 1.82) is 0 Å². The normalized spacial score (nSPS) is 23.4. The molecular weight excluding hydrogens is 278 g/mol. The van der Waals surface area contributed by atoms with Crippen LogP contribution in [0, 0.1) is 0 Å². The number of likely N-dealkylation sites (N-methyl/N-ethyl adjacent to an activating group) is 1. The van der Waals surface area contributed by atoms with Crippen molar-refractivity contribution in [3.05, 3.63) is 0 Å². The summed E-state index contributed by atoms with van der Waals surface area (Å²) in [4.78, 5) is 26.2. The van der Waals surface area contributed by atoms with Crippen LogP contribution in [0.25, 0.3) is 0 Å². The Balaban J connectivity index is 1.59. The fourth-order valence-corrected chi connectivity index (χ4v) is 3.62. The third kappa shape index (κ3) is 5.59. The van der Waals surface area contributed by atoms with Gasteiger partial charge in [-0.25, -0.2) is 0 Å². The van der Waals surface area contributed by atoms with Gasteiger partial charge in [-0.3, -0.25) is 14.5 Å². The van der Waals surface area contributed by atoms with Crippen LogP contribution in [-0.4, -0.2) is 48.4 Å². The molecule has 1 aliphatic heterocycles. The number of rotatable bonds is 7. The van der Waals surface area contributed by atoms with E-state index in [2.05, 4.69) is 22.5 Å². The summed E-state index contributed by atoms with van der Waals surface area (Å²) in [6.07, 6.45) is 8.89. The Morgan fingerprint density at radius 3 is 2.41 bits per heavy atom. The van der Waals surface area contributed by atoms with E-state index in [0.717, 1.165) is 38.9 Å². The third-order valence-corrected chi connectivity index (χ3v) is 4.99. The largest absolute Gasteiger partial charge is 0.355 e. The Kier molecular flexibility index (Phi) is 7.16. The summed E-state index contributed by atoms with van der Waals surface area (Å²) in [5, 5.41) is 6.03. The highest BCUT2D eigenvalue weighted by atomic mass is 16.2. The maximum Gasteiger partial charge on any atom is 0.220 e. The zero-order valence-electron chi connectivity index (χ0n) is 13.9. The monoisotopic (exact) mass is 309 g/mol. The van der Waals surface area contributed by atoms with Gasteiger partial charge in [-0.1, -0.05) is 26.2 Å². The molecule has 1 unspecified atom stereocenters. The van der Waals surface area contributed by atoms with Crippen LogP contribution in [0.3, 0.4) is 0 Å². The van der Waals surface area contributed by atoms with Gasteiger partial charge in [0, 0.05) is 31.5 Å². The molecule has 0 bridgehead atoms. The Morgan fingerprint density at radius 1 is 1.00 bits per heavy atom. The zero-order chi connectivity index (χ0) is 15.8. The molecule has 1 saturated heterocycles. The fourth-order valence-electron chi connectivity index (χ4n) is 3.62. The summed E-state index contributed by atoms with van der Waals surface area (Å²) in [7, 11) is 0. The average molecular weight is 309 g/mol. The SMILES string of the molecule is CCN1CCCCC1CNC(=O)CCC(=O)NC1CCCC1. The van der Waals surface area contributed by atoms with Crippen LogP contribution in [0.15, 0.2) is 0 Å². The molecule has 1 atom stereocenters. The van der Waals surface area contributed by atoms with Crippen LogP contribution < -0.4 is 10.6 Å². The lowest BCUT2D eigenvalue weighted by molar-refractivity contribution is -0.127. The van der Waals surface area contributed by atoms with E-state index in [4.69, 9.17) is 0 Å². The molecule has 0 spiro atoms. The molecule has 0 aromatic heterocycles. The quantitative estimate of drug-likeness (QED) is 0.754. The van der Waals surface area contributed by atoms with Crippen molar-refractivity contribution in [3.8, 4) is 0 Å². The van der Waals surface area contributed by atoms with Gasteiger partial charge in [0.1, 0.15) is 0 Å². The standard InChI is InChI=1S/C17H31N3O2/c1-2-20-12-6-5-9-15(20)13-18-16(21)10-11-17(22)19-14-7-3-4-8-14/h14-15H,2-13H2,1H3,(H,18,21)(H,19,22). The third-order valence-electron chi connectivity index (χ3n) is 4.99. The van der Waals surface area contributed by atoms with E-state index in [1.54, 1.807) is 0 Å². The maximum absolute atomic E-state index is 11.9. The van der Waals surface area contributed by atoms with Crippen molar-refractivity contribution >= 4 is 11.8 Å². The molecule has 2 amide bonds. The van der Waals surface area contributed by atoms with E-state index in [0.29, 0.717) is 24.9 Å². The van der Waals surface area contributed by atoms with Crippen molar-refractivity contribution in [2.75, 3.05) is 19.6 Å². The van der Waals surface area contributed by atoms with Crippen molar-refractivity contribution in [2.24, 2.45) is 0 Å². The molecule has 0 aromatic rings. The van der Waals surface area contributed by atoms with E-state index < -0.39 is 0 Å². The first-order valence-electron chi connectivity index (χ1n) is 8.99. The first-order chi connectivity index (χ1) is 10.7. The van der Waals surface area contributed by atoms with Crippen LogP contribution >= 0.6 is 0 Å². The fraction of sp³-hybridized carbons (Fsp3) is 0.882. The van der Waals surface area contributed by atoms with Gasteiger partial charge in [0.25, 0.3) is 0 Å². The lowest BCUT2D eigenvalue weighted by Gasteiger charge is -2.34. The minimum atomic E-state index is 0.00296. The zero-order valence-corrected chi connectivity index (χ0v) is 13.9. The van der Waals surface area contributed by atoms with Crippen LogP contribution in [0.4, 0.5) is 0 Å². The summed E-state index contributed by atoms with van der Waals surface area (Å²) in [6.45, 7) is 5.08. The van der Waals surface area contributed by atoms with Crippen LogP contribution in [0.1, 0.15) is 64.7 Å². The first kappa shape index (κ1) is 17.3. The summed E-state index contributed by atoms with van der Waals surface area (Å²) >= 11 is 0. The highest BCUT2D eigenvalue weighted by Crippen LogP contribution is 2.18. The van der Waals surface area contributed by atoms with Gasteiger partial charge in [0.05, 0.1) is 0 Å². The van der Waals surface area contributed by atoms with E-state index in [1.165, 1.54) is 25.7 Å². The molecule has 5 heteroatoms. The Bertz CT molecular complexity index is 367. The highest BCUT2D eigenvalue weighted by Gasteiger charge is 2.21. The number of piperidine rings is 1. The topological polar surface area (TPSA) is 61.4 Å². The number of nitrogens with zero attached hydrogens (tertiary/aromatic N) is 1. The summed E-state index contributed by atoms with van der Waals surface area (Å²) in [5.41, 5.74) is 0. The predicted octanol–water partition coefficient (Wildman–Crippen LogP) is 1.82. The molecule has 1 saturated carbocycles.